The number of nitrogens with zero attached hydrogens (tertiary/aromatic N) is 1. The third kappa shape index (κ3) is 1.42. The molecule has 1 fully saturated rings. The Hall–Kier alpha value is -0.610. The van der Waals surface area contributed by atoms with E-state index in [0.717, 1.165) is 22.7 Å². The Bertz CT molecular complexity index is 309. The van der Waals surface area contributed by atoms with Gasteiger partial charge in [-0.15, -0.1) is 11.3 Å². The fourth-order valence-electron chi connectivity index (χ4n) is 2.05. The van der Waals surface area contributed by atoms with Gasteiger partial charge in [-0.25, -0.2) is 4.98 Å². The quantitative estimate of drug-likeness (QED) is 0.819. The van der Waals surface area contributed by atoms with E-state index in [4.69, 9.17) is 10.5 Å². The average Bonchev–Trinajstić information content (AvgIpc) is 2.75. The van der Waals surface area contributed by atoms with Crippen molar-refractivity contribution < 1.29 is 4.74 Å². The van der Waals surface area contributed by atoms with Crippen LogP contribution in [-0.2, 0) is 10.3 Å². The van der Waals surface area contributed by atoms with E-state index in [2.05, 4.69) is 4.98 Å². The standard InChI is InChI=1S/C10H16N2OS/c1-7-8(11)12-9(14-7)10(13-2)5-3-4-6-10/h3-6,11H2,1-2H3. The molecule has 78 valence electrons. The molecule has 2 N–H and O–H groups in total. The molecule has 1 heterocycles. The summed E-state index contributed by atoms with van der Waals surface area (Å²) in [7, 11) is 1.78. The average molecular weight is 212 g/mol. The highest BCUT2D eigenvalue weighted by Crippen LogP contribution is 2.43. The monoisotopic (exact) mass is 212 g/mol. The van der Waals surface area contributed by atoms with E-state index in [0.29, 0.717) is 5.82 Å². The van der Waals surface area contributed by atoms with Gasteiger partial charge in [-0.3, -0.25) is 0 Å². The van der Waals surface area contributed by atoms with Crippen LogP contribution in [0.5, 0.6) is 0 Å². The van der Waals surface area contributed by atoms with Crippen molar-refractivity contribution in [2.24, 2.45) is 0 Å². The highest BCUT2D eigenvalue weighted by Gasteiger charge is 2.38. The topological polar surface area (TPSA) is 48.1 Å². The molecule has 1 aliphatic carbocycles. The van der Waals surface area contributed by atoms with Gasteiger partial charge in [0.25, 0.3) is 0 Å². The maximum absolute atomic E-state index is 5.77. The van der Waals surface area contributed by atoms with Crippen molar-refractivity contribution in [1.82, 2.24) is 4.98 Å². The number of anilines is 1. The van der Waals surface area contributed by atoms with Crippen LogP contribution < -0.4 is 5.73 Å². The summed E-state index contributed by atoms with van der Waals surface area (Å²) in [6.07, 6.45) is 4.62. The molecule has 14 heavy (non-hydrogen) atoms. The third-order valence-electron chi connectivity index (χ3n) is 3.02. The van der Waals surface area contributed by atoms with Crippen molar-refractivity contribution in [2.75, 3.05) is 12.8 Å². The van der Waals surface area contributed by atoms with E-state index in [1.807, 2.05) is 6.92 Å². The number of aryl methyl sites for hydroxylation is 1. The van der Waals surface area contributed by atoms with Gasteiger partial charge in [-0.2, -0.15) is 0 Å². The summed E-state index contributed by atoms with van der Waals surface area (Å²) >= 11 is 1.67. The van der Waals surface area contributed by atoms with E-state index in [9.17, 15) is 0 Å². The molecule has 4 heteroatoms. The Balaban J connectivity index is 2.36. The number of rotatable bonds is 2. The molecule has 3 nitrogen and oxygen atoms in total. The number of aromatic nitrogens is 1. The number of nitrogen functional groups attached to an aromatic ring is 1. The molecular weight excluding hydrogens is 196 g/mol. The minimum Gasteiger partial charge on any atom is -0.383 e. The van der Waals surface area contributed by atoms with Gasteiger partial charge >= 0.3 is 0 Å². The Morgan fingerprint density at radius 2 is 2.07 bits per heavy atom. The summed E-state index contributed by atoms with van der Waals surface area (Å²) in [5, 5.41) is 1.06. The summed E-state index contributed by atoms with van der Waals surface area (Å²) in [5.41, 5.74) is 5.63. The van der Waals surface area contributed by atoms with Gasteiger partial charge in [0.2, 0.25) is 0 Å². The molecule has 0 saturated heterocycles. The molecule has 1 aromatic rings. The van der Waals surface area contributed by atoms with Crippen LogP contribution in [0.1, 0.15) is 35.6 Å². The molecule has 0 aliphatic heterocycles. The van der Waals surface area contributed by atoms with E-state index in [1.165, 1.54) is 12.8 Å². The molecule has 0 atom stereocenters. The van der Waals surface area contributed by atoms with Crippen molar-refractivity contribution in [2.45, 2.75) is 38.2 Å². The summed E-state index contributed by atoms with van der Waals surface area (Å²) in [4.78, 5) is 5.51. The summed E-state index contributed by atoms with van der Waals surface area (Å²) in [5.74, 6) is 0.660. The van der Waals surface area contributed by atoms with Crippen LogP contribution >= 0.6 is 11.3 Å². The molecule has 2 rings (SSSR count). The Morgan fingerprint density at radius 1 is 1.43 bits per heavy atom. The highest BCUT2D eigenvalue weighted by molar-refractivity contribution is 7.12. The van der Waals surface area contributed by atoms with Gasteiger partial charge in [0, 0.05) is 12.0 Å². The maximum atomic E-state index is 5.77. The first kappa shape index (κ1) is 9.93. The zero-order valence-corrected chi connectivity index (χ0v) is 9.49. The molecule has 1 saturated carbocycles. The van der Waals surface area contributed by atoms with Crippen molar-refractivity contribution in [3.8, 4) is 0 Å². The van der Waals surface area contributed by atoms with Crippen molar-refractivity contribution in [1.29, 1.82) is 0 Å². The second-order valence-electron chi connectivity index (χ2n) is 3.87. The second kappa shape index (κ2) is 3.51. The summed E-state index contributed by atoms with van der Waals surface area (Å²) < 4.78 is 5.65. The van der Waals surface area contributed by atoms with E-state index in [-0.39, 0.29) is 5.60 Å². The van der Waals surface area contributed by atoms with E-state index >= 15 is 0 Å². The smallest absolute Gasteiger partial charge is 0.137 e. The van der Waals surface area contributed by atoms with Gasteiger partial charge in [0.05, 0.1) is 0 Å². The van der Waals surface area contributed by atoms with Crippen molar-refractivity contribution in [3.05, 3.63) is 9.88 Å². The first-order chi connectivity index (χ1) is 6.68. The Labute approximate surface area is 88.3 Å². The van der Waals surface area contributed by atoms with Gasteiger partial charge in [-0.1, -0.05) is 12.8 Å². The van der Waals surface area contributed by atoms with E-state index in [1.54, 1.807) is 18.4 Å². The zero-order valence-electron chi connectivity index (χ0n) is 8.67. The zero-order chi connectivity index (χ0) is 10.2. The van der Waals surface area contributed by atoms with Gasteiger partial charge in [0.1, 0.15) is 16.4 Å². The minimum atomic E-state index is -0.132. The SMILES string of the molecule is COC1(c2nc(N)c(C)s2)CCCC1. The fraction of sp³-hybridized carbons (Fsp3) is 0.700. The Morgan fingerprint density at radius 3 is 2.50 bits per heavy atom. The van der Waals surface area contributed by atoms with Crippen LogP contribution in [0.3, 0.4) is 0 Å². The molecule has 0 spiro atoms. The summed E-state index contributed by atoms with van der Waals surface area (Å²) in [6, 6.07) is 0. The van der Waals surface area contributed by atoms with Gasteiger partial charge in [-0.05, 0) is 19.8 Å². The molecule has 0 unspecified atom stereocenters. The number of hydrogen-bond acceptors (Lipinski definition) is 4. The number of thiazole rings is 1. The largest absolute Gasteiger partial charge is 0.383 e. The molecule has 0 bridgehead atoms. The number of methoxy groups -OCH3 is 1. The van der Waals surface area contributed by atoms with Gasteiger partial charge in [0.15, 0.2) is 0 Å². The van der Waals surface area contributed by atoms with Crippen molar-refractivity contribution >= 4 is 17.2 Å². The second-order valence-corrected chi connectivity index (χ2v) is 5.07. The minimum absolute atomic E-state index is 0.132. The van der Waals surface area contributed by atoms with Crippen LogP contribution in [0.2, 0.25) is 0 Å². The normalized spacial score (nSPS) is 20.1. The van der Waals surface area contributed by atoms with Crippen LogP contribution in [0.25, 0.3) is 0 Å². The molecule has 0 radical (unpaired) electrons. The van der Waals surface area contributed by atoms with Gasteiger partial charge < -0.3 is 10.5 Å². The first-order valence-electron chi connectivity index (χ1n) is 4.96. The molecule has 1 aromatic heterocycles. The fourth-order valence-corrected chi connectivity index (χ4v) is 3.11. The number of hydrogen-bond donors (Lipinski definition) is 1. The Kier molecular flexibility index (Phi) is 2.49. The lowest BCUT2D eigenvalue weighted by atomic mass is 10.0. The van der Waals surface area contributed by atoms with E-state index < -0.39 is 0 Å². The predicted octanol–water partition coefficient (Wildman–Crippen LogP) is 2.45. The summed E-state index contributed by atoms with van der Waals surface area (Å²) in [6.45, 7) is 2.01. The maximum Gasteiger partial charge on any atom is 0.137 e. The highest BCUT2D eigenvalue weighted by atomic mass is 32.1. The molecule has 0 amide bonds. The molecular formula is C10H16N2OS. The molecule has 1 aliphatic rings. The molecule has 0 aromatic carbocycles. The van der Waals surface area contributed by atoms with Crippen LogP contribution in [-0.4, -0.2) is 12.1 Å². The predicted molar refractivity (Wildman–Crippen MR) is 58.4 cm³/mol. The lowest BCUT2D eigenvalue weighted by molar-refractivity contribution is -0.00877. The first-order valence-corrected chi connectivity index (χ1v) is 5.78. The lowest BCUT2D eigenvalue weighted by Gasteiger charge is -2.24. The van der Waals surface area contributed by atoms with Crippen LogP contribution in [0, 0.1) is 6.92 Å². The number of nitrogens with two attached hydrogens (primary N) is 1. The van der Waals surface area contributed by atoms with Crippen molar-refractivity contribution in [3.63, 3.8) is 0 Å². The number of ether oxygens (including phenoxy) is 1. The third-order valence-corrected chi connectivity index (χ3v) is 4.20. The van der Waals surface area contributed by atoms with Crippen LogP contribution in [0.15, 0.2) is 0 Å². The van der Waals surface area contributed by atoms with Crippen LogP contribution in [0.4, 0.5) is 5.82 Å². The lowest BCUT2D eigenvalue weighted by Crippen LogP contribution is -2.24.